The van der Waals surface area contributed by atoms with E-state index in [-0.39, 0.29) is 43.0 Å². The van der Waals surface area contributed by atoms with E-state index < -0.39 is 0 Å². The Morgan fingerprint density at radius 3 is 2.48 bits per heavy atom. The van der Waals surface area contributed by atoms with Gasteiger partial charge in [-0.2, -0.15) is 0 Å². The summed E-state index contributed by atoms with van der Waals surface area (Å²) in [5, 5.41) is 9.95. The Balaban J connectivity index is 1.52. The van der Waals surface area contributed by atoms with Crippen molar-refractivity contribution in [2.45, 2.75) is 18.0 Å². The number of hydrogen-bond donors (Lipinski definition) is 1. The molecule has 2 saturated heterocycles. The maximum absolute atomic E-state index is 12.9. The van der Waals surface area contributed by atoms with E-state index in [1.165, 1.54) is 0 Å². The molecule has 4 rings (SSSR count). The van der Waals surface area contributed by atoms with Gasteiger partial charge in [-0.25, -0.2) is 0 Å². The molecule has 2 heterocycles. The Morgan fingerprint density at radius 2 is 1.84 bits per heavy atom. The summed E-state index contributed by atoms with van der Waals surface area (Å²) < 4.78 is 0. The van der Waals surface area contributed by atoms with E-state index in [9.17, 15) is 14.7 Å². The summed E-state index contributed by atoms with van der Waals surface area (Å²) in [6, 6.07) is 16.7. The first kappa shape index (κ1) is 21.1. The van der Waals surface area contributed by atoms with Gasteiger partial charge in [0, 0.05) is 23.6 Å². The Bertz CT molecular complexity index is 1010. The number of rotatable bonds is 4. The molecule has 0 radical (unpaired) electrons. The van der Waals surface area contributed by atoms with Crippen molar-refractivity contribution < 1.29 is 14.7 Å². The van der Waals surface area contributed by atoms with E-state index in [4.69, 9.17) is 0 Å². The van der Waals surface area contributed by atoms with Crippen LogP contribution in [0, 0.1) is 11.8 Å². The molecule has 2 aliphatic rings. The number of carbonyl (C=O) groups excluding carboxylic acids is 2. The molecule has 2 aromatic rings. The minimum absolute atomic E-state index is 0.0101. The summed E-state index contributed by atoms with van der Waals surface area (Å²) in [5.41, 5.74) is 2.57. The minimum Gasteiger partial charge on any atom is -0.394 e. The number of aliphatic hydroxyl groups is 1. The van der Waals surface area contributed by atoms with Crippen molar-refractivity contribution in [3.63, 3.8) is 0 Å². The third kappa shape index (κ3) is 4.20. The fourth-order valence-corrected chi connectivity index (χ4v) is 4.51. The highest BCUT2D eigenvalue weighted by Crippen LogP contribution is 2.43. The topological polar surface area (TPSA) is 64.1 Å². The van der Waals surface area contributed by atoms with Gasteiger partial charge in [-0.05, 0) is 43.9 Å². The Hall–Kier alpha value is -3.14. The van der Waals surface area contributed by atoms with E-state index >= 15 is 0 Å². The fraction of sp³-hybridized carbons (Fsp3) is 0.360. The van der Waals surface area contributed by atoms with Crippen LogP contribution in [0.2, 0.25) is 0 Å². The second kappa shape index (κ2) is 8.93. The van der Waals surface area contributed by atoms with Crippen molar-refractivity contribution >= 4 is 11.8 Å². The Kier molecular flexibility index (Phi) is 6.08. The van der Waals surface area contributed by atoms with Gasteiger partial charge < -0.3 is 14.9 Å². The quantitative estimate of drug-likeness (QED) is 0.765. The number of benzene rings is 2. The van der Waals surface area contributed by atoms with Gasteiger partial charge >= 0.3 is 0 Å². The molecule has 6 nitrogen and oxygen atoms in total. The monoisotopic (exact) mass is 417 g/mol. The SMILES string of the molecule is CN(C)CC#Cc1ccc([C@@H]2[C@@H](CO)N3C(=O)CN(C(=O)c4ccccc4)C[C@H]23)cc1. The molecule has 2 aromatic carbocycles. The predicted octanol–water partition coefficient (Wildman–Crippen LogP) is 1.41. The summed E-state index contributed by atoms with van der Waals surface area (Å²) >= 11 is 0. The van der Waals surface area contributed by atoms with E-state index in [0.717, 1.165) is 11.1 Å². The van der Waals surface area contributed by atoms with Crippen LogP contribution in [0.15, 0.2) is 54.6 Å². The second-order valence-electron chi connectivity index (χ2n) is 8.36. The molecule has 2 amide bonds. The third-order valence-corrected chi connectivity index (χ3v) is 5.98. The standard InChI is InChI=1S/C25H27N3O3/c1-26(2)14-6-7-18-10-12-19(13-11-18)24-21-15-27(16-23(30)28(21)22(24)17-29)25(31)20-8-4-3-5-9-20/h3-5,8-13,21-22,24,29H,14-17H2,1-2H3/t21-,22-,24+/m1/s1. The van der Waals surface area contributed by atoms with Crippen LogP contribution in [0.3, 0.4) is 0 Å². The average Bonchev–Trinajstić information content (AvgIpc) is 2.76. The van der Waals surface area contributed by atoms with Gasteiger partial charge in [0.2, 0.25) is 5.91 Å². The van der Waals surface area contributed by atoms with E-state index in [1.807, 2.05) is 61.5 Å². The molecule has 0 spiro atoms. The van der Waals surface area contributed by atoms with Crippen LogP contribution in [0.25, 0.3) is 0 Å². The van der Waals surface area contributed by atoms with Crippen molar-refractivity contribution in [1.82, 2.24) is 14.7 Å². The summed E-state index contributed by atoms with van der Waals surface area (Å²) in [4.78, 5) is 31.1. The predicted molar refractivity (Wildman–Crippen MR) is 118 cm³/mol. The largest absolute Gasteiger partial charge is 0.394 e. The van der Waals surface area contributed by atoms with Gasteiger partial charge in [-0.15, -0.1) is 0 Å². The van der Waals surface area contributed by atoms with Gasteiger partial charge in [0.1, 0.15) is 6.54 Å². The minimum atomic E-state index is -0.253. The molecule has 3 atom stereocenters. The molecule has 2 aliphatic heterocycles. The first-order chi connectivity index (χ1) is 15.0. The summed E-state index contributed by atoms with van der Waals surface area (Å²) in [5.74, 6) is 6.02. The second-order valence-corrected chi connectivity index (χ2v) is 8.36. The Morgan fingerprint density at radius 1 is 1.13 bits per heavy atom. The zero-order chi connectivity index (χ0) is 22.0. The highest BCUT2D eigenvalue weighted by atomic mass is 16.3. The lowest BCUT2D eigenvalue weighted by Crippen LogP contribution is -2.73. The van der Waals surface area contributed by atoms with E-state index in [2.05, 4.69) is 11.8 Å². The average molecular weight is 418 g/mol. The van der Waals surface area contributed by atoms with Crippen LogP contribution in [0.4, 0.5) is 0 Å². The van der Waals surface area contributed by atoms with Gasteiger partial charge in [0.05, 0.1) is 25.2 Å². The molecule has 0 bridgehead atoms. The van der Waals surface area contributed by atoms with Crippen molar-refractivity contribution in [2.24, 2.45) is 0 Å². The number of hydrogen-bond acceptors (Lipinski definition) is 4. The summed E-state index contributed by atoms with van der Waals surface area (Å²) in [6.07, 6.45) is 0. The lowest BCUT2D eigenvalue weighted by atomic mass is 9.73. The van der Waals surface area contributed by atoms with Gasteiger partial charge in [0.15, 0.2) is 0 Å². The fourth-order valence-electron chi connectivity index (χ4n) is 4.51. The number of fused-ring (bicyclic) bond motifs is 1. The van der Waals surface area contributed by atoms with Crippen LogP contribution in [0.5, 0.6) is 0 Å². The summed E-state index contributed by atoms with van der Waals surface area (Å²) in [6.45, 7) is 1.12. The number of piperazine rings is 1. The van der Waals surface area contributed by atoms with Crippen LogP contribution in [-0.4, -0.2) is 84.0 Å². The number of amides is 2. The van der Waals surface area contributed by atoms with Gasteiger partial charge in [-0.3, -0.25) is 14.5 Å². The van der Waals surface area contributed by atoms with Crippen LogP contribution >= 0.6 is 0 Å². The summed E-state index contributed by atoms with van der Waals surface area (Å²) in [7, 11) is 3.96. The molecule has 0 unspecified atom stereocenters. The zero-order valence-corrected chi connectivity index (χ0v) is 17.9. The normalized spacial score (nSPS) is 22.5. The molecule has 6 heteroatoms. The van der Waals surface area contributed by atoms with Gasteiger partial charge in [-0.1, -0.05) is 42.2 Å². The highest BCUT2D eigenvalue weighted by molar-refractivity contribution is 5.97. The van der Waals surface area contributed by atoms with Crippen LogP contribution < -0.4 is 0 Å². The molecule has 160 valence electrons. The Labute approximate surface area is 183 Å². The van der Waals surface area contributed by atoms with Crippen molar-refractivity contribution in [3.8, 4) is 11.8 Å². The zero-order valence-electron chi connectivity index (χ0n) is 17.9. The lowest BCUT2D eigenvalue weighted by Gasteiger charge is -2.58. The highest BCUT2D eigenvalue weighted by Gasteiger charge is 2.54. The molecular formula is C25H27N3O3. The van der Waals surface area contributed by atoms with E-state index in [1.54, 1.807) is 21.9 Å². The van der Waals surface area contributed by atoms with Crippen molar-refractivity contribution in [2.75, 3.05) is 40.3 Å². The molecule has 0 saturated carbocycles. The van der Waals surface area contributed by atoms with Crippen molar-refractivity contribution in [3.05, 3.63) is 71.3 Å². The lowest BCUT2D eigenvalue weighted by molar-refractivity contribution is -0.159. The molecule has 0 aliphatic carbocycles. The maximum atomic E-state index is 12.9. The smallest absolute Gasteiger partial charge is 0.254 e. The van der Waals surface area contributed by atoms with Crippen LogP contribution in [0.1, 0.15) is 27.4 Å². The third-order valence-electron chi connectivity index (χ3n) is 5.98. The number of carbonyl (C=O) groups is 2. The van der Waals surface area contributed by atoms with Gasteiger partial charge in [0.25, 0.3) is 5.91 Å². The first-order valence-corrected chi connectivity index (χ1v) is 10.5. The van der Waals surface area contributed by atoms with E-state index in [0.29, 0.717) is 18.7 Å². The first-order valence-electron chi connectivity index (χ1n) is 10.5. The molecule has 31 heavy (non-hydrogen) atoms. The van der Waals surface area contributed by atoms with Crippen LogP contribution in [-0.2, 0) is 4.79 Å². The maximum Gasteiger partial charge on any atom is 0.254 e. The molecule has 0 aromatic heterocycles. The van der Waals surface area contributed by atoms with Crippen molar-refractivity contribution in [1.29, 1.82) is 0 Å². The number of nitrogens with zero attached hydrogens (tertiary/aromatic N) is 3. The molecular weight excluding hydrogens is 390 g/mol. The molecule has 2 fully saturated rings. The molecule has 1 N–H and O–H groups in total. The number of aliphatic hydroxyl groups excluding tert-OH is 1.